The second-order valence-corrected chi connectivity index (χ2v) is 5.69. The van der Waals surface area contributed by atoms with Crippen molar-refractivity contribution in [1.82, 2.24) is 0 Å². The molecule has 0 fully saturated rings. The lowest BCUT2D eigenvalue weighted by atomic mass is 10.0. The second-order valence-electron chi connectivity index (χ2n) is 5.13. The molecular formula is C14H20BrF2N. The van der Waals surface area contributed by atoms with Gasteiger partial charge in [-0.1, -0.05) is 29.8 Å². The van der Waals surface area contributed by atoms with Gasteiger partial charge in [-0.3, -0.25) is 0 Å². The Balaban J connectivity index is 3.02. The minimum absolute atomic E-state index is 0.0628. The van der Waals surface area contributed by atoms with Gasteiger partial charge in [-0.05, 0) is 37.0 Å². The lowest BCUT2D eigenvalue weighted by molar-refractivity contribution is 0.488. The number of hydrogen-bond acceptors (Lipinski definition) is 1. The van der Waals surface area contributed by atoms with Crippen LogP contribution in [0.2, 0.25) is 0 Å². The fourth-order valence-electron chi connectivity index (χ4n) is 2.09. The van der Waals surface area contributed by atoms with Gasteiger partial charge in [-0.25, -0.2) is 8.78 Å². The van der Waals surface area contributed by atoms with E-state index in [1.54, 1.807) is 11.9 Å². The SMILES string of the molecule is CC(C)CC(C)N(C)c1c(F)cc(CBr)cc1F. The molecule has 0 aliphatic carbocycles. The van der Waals surface area contributed by atoms with Crippen molar-refractivity contribution in [3.05, 3.63) is 29.3 Å². The summed E-state index contributed by atoms with van der Waals surface area (Å²) >= 11 is 3.20. The summed E-state index contributed by atoms with van der Waals surface area (Å²) in [6, 6.07) is 2.86. The van der Waals surface area contributed by atoms with E-state index in [4.69, 9.17) is 0 Å². The first-order chi connectivity index (χ1) is 8.36. The quantitative estimate of drug-likeness (QED) is 0.709. The van der Waals surface area contributed by atoms with E-state index in [0.717, 1.165) is 6.42 Å². The van der Waals surface area contributed by atoms with E-state index in [0.29, 0.717) is 16.8 Å². The fraction of sp³-hybridized carbons (Fsp3) is 0.571. The van der Waals surface area contributed by atoms with Crippen molar-refractivity contribution in [3.63, 3.8) is 0 Å². The molecule has 1 unspecified atom stereocenters. The summed E-state index contributed by atoms with van der Waals surface area (Å²) in [5.41, 5.74) is 0.673. The van der Waals surface area contributed by atoms with Crippen molar-refractivity contribution >= 4 is 21.6 Å². The van der Waals surface area contributed by atoms with Crippen LogP contribution < -0.4 is 4.90 Å². The average molecular weight is 320 g/mol. The van der Waals surface area contributed by atoms with Crippen LogP contribution in [0.4, 0.5) is 14.5 Å². The zero-order valence-corrected chi connectivity index (χ0v) is 12.9. The number of halogens is 3. The predicted octanol–water partition coefficient (Wildman–Crippen LogP) is 4.73. The van der Waals surface area contributed by atoms with Crippen molar-refractivity contribution < 1.29 is 8.78 Å². The highest BCUT2D eigenvalue weighted by Gasteiger charge is 2.19. The molecule has 0 aliphatic heterocycles. The first-order valence-electron chi connectivity index (χ1n) is 6.13. The molecule has 4 heteroatoms. The first-order valence-corrected chi connectivity index (χ1v) is 7.25. The molecule has 0 saturated heterocycles. The number of benzene rings is 1. The molecule has 1 atom stereocenters. The Morgan fingerprint density at radius 1 is 1.17 bits per heavy atom. The minimum Gasteiger partial charge on any atom is -0.367 e. The van der Waals surface area contributed by atoms with Gasteiger partial charge in [-0.2, -0.15) is 0 Å². The topological polar surface area (TPSA) is 3.24 Å². The zero-order chi connectivity index (χ0) is 13.9. The van der Waals surface area contributed by atoms with E-state index >= 15 is 0 Å². The van der Waals surface area contributed by atoms with Crippen LogP contribution >= 0.6 is 15.9 Å². The van der Waals surface area contributed by atoms with E-state index in [1.165, 1.54) is 12.1 Å². The number of alkyl halides is 1. The summed E-state index contributed by atoms with van der Waals surface area (Å²) in [6.45, 7) is 6.19. The molecule has 0 radical (unpaired) electrons. The predicted molar refractivity (Wildman–Crippen MR) is 76.3 cm³/mol. The van der Waals surface area contributed by atoms with Gasteiger partial charge >= 0.3 is 0 Å². The largest absolute Gasteiger partial charge is 0.367 e. The maximum atomic E-state index is 13.9. The highest BCUT2D eigenvalue weighted by molar-refractivity contribution is 9.08. The maximum Gasteiger partial charge on any atom is 0.149 e. The van der Waals surface area contributed by atoms with E-state index < -0.39 is 11.6 Å². The van der Waals surface area contributed by atoms with E-state index in [2.05, 4.69) is 29.8 Å². The van der Waals surface area contributed by atoms with E-state index in [9.17, 15) is 8.78 Å². The molecule has 1 aromatic carbocycles. The van der Waals surface area contributed by atoms with Gasteiger partial charge in [0.1, 0.15) is 17.3 Å². The molecule has 0 saturated carbocycles. The summed E-state index contributed by atoms with van der Waals surface area (Å²) in [5.74, 6) is -0.500. The van der Waals surface area contributed by atoms with Crippen LogP contribution in [0.3, 0.4) is 0 Å². The average Bonchev–Trinajstić information content (AvgIpc) is 2.26. The third-order valence-corrected chi connectivity index (χ3v) is 3.70. The monoisotopic (exact) mass is 319 g/mol. The number of hydrogen-bond donors (Lipinski definition) is 0. The lowest BCUT2D eigenvalue weighted by Crippen LogP contribution is -2.31. The summed E-state index contributed by atoms with van der Waals surface area (Å²) in [6.07, 6.45) is 0.898. The van der Waals surface area contributed by atoms with Gasteiger partial charge in [0.05, 0.1) is 0 Å². The van der Waals surface area contributed by atoms with Crippen LogP contribution in [0, 0.1) is 17.6 Å². The Bertz CT molecular complexity index is 384. The standard InChI is InChI=1S/C14H20BrF2N/c1-9(2)5-10(3)18(4)14-12(16)6-11(8-15)7-13(14)17/h6-7,9-10H,5,8H2,1-4H3. The molecule has 1 aromatic rings. The summed E-state index contributed by atoms with van der Waals surface area (Å²) in [4.78, 5) is 1.68. The summed E-state index contributed by atoms with van der Waals surface area (Å²) in [5, 5.41) is 0.451. The molecule has 18 heavy (non-hydrogen) atoms. The highest BCUT2D eigenvalue weighted by Crippen LogP contribution is 2.27. The molecule has 0 aliphatic rings. The zero-order valence-electron chi connectivity index (χ0n) is 11.3. The third kappa shape index (κ3) is 3.67. The normalized spacial score (nSPS) is 12.9. The Morgan fingerprint density at radius 2 is 1.67 bits per heavy atom. The van der Waals surface area contributed by atoms with Gasteiger partial charge in [0.15, 0.2) is 0 Å². The van der Waals surface area contributed by atoms with Gasteiger partial charge < -0.3 is 4.90 Å². The van der Waals surface area contributed by atoms with Gasteiger partial charge in [0.25, 0.3) is 0 Å². The van der Waals surface area contributed by atoms with Crippen LogP contribution in [0.25, 0.3) is 0 Å². The van der Waals surface area contributed by atoms with Crippen molar-refractivity contribution in [2.24, 2.45) is 5.92 Å². The highest BCUT2D eigenvalue weighted by atomic mass is 79.9. The third-order valence-electron chi connectivity index (χ3n) is 3.06. The first kappa shape index (κ1) is 15.4. The number of anilines is 1. The van der Waals surface area contributed by atoms with Crippen LogP contribution in [0.15, 0.2) is 12.1 Å². The van der Waals surface area contributed by atoms with E-state index in [1.807, 2.05) is 6.92 Å². The van der Waals surface area contributed by atoms with Crippen LogP contribution in [0.5, 0.6) is 0 Å². The van der Waals surface area contributed by atoms with Crippen molar-refractivity contribution in [2.45, 2.75) is 38.6 Å². The number of nitrogens with zero attached hydrogens (tertiary/aromatic N) is 1. The van der Waals surface area contributed by atoms with Gasteiger partial charge in [0, 0.05) is 18.4 Å². The summed E-state index contributed by atoms with van der Waals surface area (Å²) < 4.78 is 27.9. The van der Waals surface area contributed by atoms with Gasteiger partial charge in [0.2, 0.25) is 0 Å². The second kappa shape index (κ2) is 6.50. The molecule has 1 rings (SSSR count). The van der Waals surface area contributed by atoms with E-state index in [-0.39, 0.29) is 11.7 Å². The van der Waals surface area contributed by atoms with Crippen molar-refractivity contribution in [3.8, 4) is 0 Å². The fourth-order valence-corrected chi connectivity index (χ4v) is 2.42. The van der Waals surface area contributed by atoms with Gasteiger partial charge in [-0.15, -0.1) is 0 Å². The molecule has 0 heterocycles. The van der Waals surface area contributed by atoms with Crippen molar-refractivity contribution in [1.29, 1.82) is 0 Å². The molecule has 1 nitrogen and oxygen atoms in total. The molecule has 0 bridgehead atoms. The molecular weight excluding hydrogens is 300 g/mol. The molecule has 102 valence electrons. The Morgan fingerprint density at radius 3 is 2.06 bits per heavy atom. The van der Waals surface area contributed by atoms with Crippen LogP contribution in [-0.2, 0) is 5.33 Å². The minimum atomic E-state index is -0.498. The Hall–Kier alpha value is -0.640. The van der Waals surface area contributed by atoms with Crippen LogP contribution in [0.1, 0.15) is 32.8 Å². The van der Waals surface area contributed by atoms with Crippen LogP contribution in [-0.4, -0.2) is 13.1 Å². The smallest absolute Gasteiger partial charge is 0.149 e. The number of rotatable bonds is 5. The summed E-state index contributed by atoms with van der Waals surface area (Å²) in [7, 11) is 1.74. The molecule has 0 amide bonds. The Kier molecular flexibility index (Phi) is 5.57. The molecule has 0 aromatic heterocycles. The Labute approximate surface area is 116 Å². The lowest BCUT2D eigenvalue weighted by Gasteiger charge is -2.29. The van der Waals surface area contributed by atoms with Crippen molar-refractivity contribution in [2.75, 3.05) is 11.9 Å². The molecule has 0 N–H and O–H groups in total. The maximum absolute atomic E-state index is 13.9. The molecule has 0 spiro atoms.